The first-order chi connectivity index (χ1) is 15.1. The van der Waals surface area contributed by atoms with Gasteiger partial charge in [0.25, 0.3) is 11.8 Å². The van der Waals surface area contributed by atoms with Gasteiger partial charge in [0, 0.05) is 52.6 Å². The van der Waals surface area contributed by atoms with Crippen LogP contribution in [0, 0.1) is 11.3 Å². The van der Waals surface area contributed by atoms with Gasteiger partial charge in [0.2, 0.25) is 0 Å². The van der Waals surface area contributed by atoms with Crippen molar-refractivity contribution in [1.82, 2.24) is 14.5 Å². The molecule has 3 heterocycles. The van der Waals surface area contributed by atoms with E-state index in [4.69, 9.17) is 5.26 Å². The second-order valence-corrected chi connectivity index (χ2v) is 7.99. The molecule has 5 aromatic rings. The zero-order chi connectivity index (χ0) is 21.3. The third-order valence-corrected chi connectivity index (χ3v) is 6.40. The van der Waals surface area contributed by atoms with Crippen molar-refractivity contribution in [2.45, 2.75) is 19.4 Å². The molecule has 2 amide bonds. The van der Waals surface area contributed by atoms with Gasteiger partial charge in [0.1, 0.15) is 0 Å². The quantitative estimate of drug-likeness (QED) is 0.350. The molecule has 0 fully saturated rings. The number of para-hydroxylation sites is 2. The summed E-state index contributed by atoms with van der Waals surface area (Å²) in [5.74, 6) is -0.690. The van der Waals surface area contributed by atoms with Gasteiger partial charge in [0.05, 0.1) is 28.2 Å². The smallest absolute Gasteiger partial charge is 0.259 e. The highest BCUT2D eigenvalue weighted by Gasteiger charge is 2.36. The fourth-order valence-electron chi connectivity index (χ4n) is 5.21. The predicted molar refractivity (Wildman–Crippen MR) is 120 cm³/mol. The Morgan fingerprint density at radius 3 is 2.13 bits per heavy atom. The summed E-state index contributed by atoms with van der Waals surface area (Å²) in [6, 6.07) is 18.2. The first-order valence-electron chi connectivity index (χ1n) is 10.3. The van der Waals surface area contributed by atoms with Gasteiger partial charge in [-0.05, 0) is 18.6 Å². The molecule has 0 saturated heterocycles. The Morgan fingerprint density at radius 2 is 1.45 bits per heavy atom. The van der Waals surface area contributed by atoms with Crippen molar-refractivity contribution in [1.29, 1.82) is 5.26 Å². The lowest BCUT2D eigenvalue weighted by Gasteiger charge is -2.10. The maximum Gasteiger partial charge on any atom is 0.259 e. The van der Waals surface area contributed by atoms with Crippen LogP contribution in [-0.4, -0.2) is 20.9 Å². The van der Waals surface area contributed by atoms with Crippen LogP contribution in [-0.2, 0) is 13.6 Å². The van der Waals surface area contributed by atoms with Crippen LogP contribution in [0.5, 0.6) is 0 Å². The summed E-state index contributed by atoms with van der Waals surface area (Å²) in [6.45, 7) is 0.655. The van der Waals surface area contributed by atoms with Crippen molar-refractivity contribution in [3.05, 3.63) is 59.7 Å². The number of aromatic nitrogens is 2. The summed E-state index contributed by atoms with van der Waals surface area (Å²) in [5.41, 5.74) is 4.81. The van der Waals surface area contributed by atoms with Gasteiger partial charge >= 0.3 is 0 Å². The van der Waals surface area contributed by atoms with Crippen molar-refractivity contribution in [3.63, 3.8) is 0 Å². The molecule has 0 radical (unpaired) electrons. The number of carbonyl (C=O) groups is 2. The lowest BCUT2D eigenvalue weighted by atomic mass is 9.96. The molecule has 0 saturated carbocycles. The predicted octanol–water partition coefficient (Wildman–Crippen LogP) is 4.63. The minimum absolute atomic E-state index is 0.343. The third kappa shape index (κ3) is 2.15. The van der Waals surface area contributed by atoms with E-state index in [1.165, 1.54) is 0 Å². The molecule has 6 nitrogen and oxygen atoms in total. The second-order valence-electron chi connectivity index (χ2n) is 7.99. The normalized spacial score (nSPS) is 13.4. The number of rotatable bonds is 3. The molecule has 0 unspecified atom stereocenters. The topological polar surface area (TPSA) is 79.8 Å². The number of nitriles is 1. The average Bonchev–Trinajstić information content (AvgIpc) is 3.37. The molecule has 0 aliphatic carbocycles. The lowest BCUT2D eigenvalue weighted by molar-refractivity contribution is 0.0880. The Bertz CT molecular complexity index is 1650. The van der Waals surface area contributed by atoms with Crippen LogP contribution in [0.1, 0.15) is 33.6 Å². The van der Waals surface area contributed by atoms with Crippen molar-refractivity contribution < 1.29 is 9.59 Å². The van der Waals surface area contributed by atoms with Crippen LogP contribution in [0.2, 0.25) is 0 Å². The highest BCUT2D eigenvalue weighted by atomic mass is 16.2. The van der Waals surface area contributed by atoms with Gasteiger partial charge in [-0.15, -0.1) is 0 Å². The number of carbonyl (C=O) groups excluding carboxylic acids is 2. The number of unbranched alkanes of at least 4 members (excludes halogenated alkanes) is 1. The molecule has 31 heavy (non-hydrogen) atoms. The SMILES string of the molecule is Cn1c2ccccc2c2c3c(c4c5ccccc5n(CCCC#N)c4c21)C(=O)NC3=O. The summed E-state index contributed by atoms with van der Waals surface area (Å²) in [4.78, 5) is 26.0. The van der Waals surface area contributed by atoms with E-state index in [0.29, 0.717) is 30.5 Å². The number of hydrogen-bond acceptors (Lipinski definition) is 3. The van der Waals surface area contributed by atoms with E-state index in [9.17, 15) is 9.59 Å². The first kappa shape index (κ1) is 17.7. The van der Waals surface area contributed by atoms with Crippen LogP contribution < -0.4 is 5.32 Å². The van der Waals surface area contributed by atoms with Crippen LogP contribution >= 0.6 is 0 Å². The van der Waals surface area contributed by atoms with Crippen LogP contribution in [0.15, 0.2) is 48.5 Å². The molecule has 1 aliphatic rings. The number of fused-ring (bicyclic) bond motifs is 10. The van der Waals surface area contributed by atoms with Gasteiger partial charge in [-0.1, -0.05) is 36.4 Å². The van der Waals surface area contributed by atoms with Gasteiger partial charge in [-0.3, -0.25) is 14.9 Å². The number of amides is 2. The summed E-state index contributed by atoms with van der Waals surface area (Å²) in [6.07, 6.45) is 1.16. The first-order valence-corrected chi connectivity index (χ1v) is 10.3. The van der Waals surface area contributed by atoms with E-state index in [1.807, 2.05) is 55.6 Å². The van der Waals surface area contributed by atoms with Crippen LogP contribution in [0.3, 0.4) is 0 Å². The van der Waals surface area contributed by atoms with E-state index in [1.54, 1.807) is 0 Å². The van der Waals surface area contributed by atoms with Gasteiger partial charge in [0.15, 0.2) is 0 Å². The third-order valence-electron chi connectivity index (χ3n) is 6.40. The Balaban J connectivity index is 1.94. The Morgan fingerprint density at radius 1 is 0.871 bits per heavy atom. The highest BCUT2D eigenvalue weighted by Crippen LogP contribution is 2.44. The Labute approximate surface area is 177 Å². The summed E-state index contributed by atoms with van der Waals surface area (Å²) in [7, 11) is 2.00. The summed E-state index contributed by atoms with van der Waals surface area (Å²) in [5, 5.41) is 15.1. The Hall–Kier alpha value is -4.11. The van der Waals surface area contributed by atoms with Crippen LogP contribution in [0.25, 0.3) is 43.6 Å². The maximum atomic E-state index is 13.0. The zero-order valence-corrected chi connectivity index (χ0v) is 16.9. The molecule has 0 bridgehead atoms. The van der Waals surface area contributed by atoms with Gasteiger partial charge in [-0.2, -0.15) is 5.26 Å². The number of benzene rings is 3. The fourth-order valence-corrected chi connectivity index (χ4v) is 5.21. The number of aryl methyl sites for hydroxylation is 2. The van der Waals surface area contributed by atoms with Gasteiger partial charge < -0.3 is 9.13 Å². The van der Waals surface area contributed by atoms with E-state index in [-0.39, 0.29) is 11.8 Å². The largest absolute Gasteiger partial charge is 0.342 e. The maximum absolute atomic E-state index is 13.0. The Kier molecular flexibility index (Phi) is 3.54. The van der Waals surface area contributed by atoms with E-state index < -0.39 is 0 Å². The number of nitrogens with one attached hydrogen (secondary N) is 1. The minimum atomic E-state index is -0.347. The van der Waals surface area contributed by atoms with Crippen molar-refractivity contribution in [2.24, 2.45) is 7.05 Å². The van der Waals surface area contributed by atoms with Crippen LogP contribution in [0.4, 0.5) is 0 Å². The molecule has 0 spiro atoms. The molecule has 150 valence electrons. The van der Waals surface area contributed by atoms with Crippen molar-refractivity contribution >= 4 is 55.4 Å². The summed E-state index contributed by atoms with van der Waals surface area (Å²) < 4.78 is 4.32. The lowest BCUT2D eigenvalue weighted by Crippen LogP contribution is -2.20. The molecular weight excluding hydrogens is 388 g/mol. The monoisotopic (exact) mass is 406 g/mol. The summed E-state index contributed by atoms with van der Waals surface area (Å²) >= 11 is 0. The van der Waals surface area contributed by atoms with E-state index >= 15 is 0 Å². The standard InChI is InChI=1S/C25H18N4O2/c1-28-16-10-4-2-8-14(16)18-20-21(25(31)27-24(20)30)19-15-9-3-5-11-17(15)29(13-7-6-12-26)23(19)22(18)28/h2-5,8-11H,6-7,13H2,1H3,(H,27,30,31). The molecule has 1 aliphatic heterocycles. The highest BCUT2D eigenvalue weighted by molar-refractivity contribution is 6.39. The molecule has 3 aromatic carbocycles. The zero-order valence-electron chi connectivity index (χ0n) is 16.9. The fraction of sp³-hybridized carbons (Fsp3) is 0.160. The molecule has 6 rings (SSSR count). The van der Waals surface area contributed by atoms with Gasteiger partial charge in [-0.25, -0.2) is 0 Å². The van der Waals surface area contributed by atoms with E-state index in [0.717, 1.165) is 43.6 Å². The van der Waals surface area contributed by atoms with Crippen molar-refractivity contribution in [3.8, 4) is 6.07 Å². The number of nitrogens with zero attached hydrogens (tertiary/aromatic N) is 3. The molecule has 2 aromatic heterocycles. The molecule has 6 heteroatoms. The van der Waals surface area contributed by atoms with E-state index in [2.05, 4.69) is 20.5 Å². The number of hydrogen-bond donors (Lipinski definition) is 1. The minimum Gasteiger partial charge on any atom is -0.342 e. The molecular formula is C25H18N4O2. The average molecular weight is 406 g/mol. The molecule has 1 N–H and O–H groups in total. The molecule has 0 atom stereocenters. The van der Waals surface area contributed by atoms with Crippen molar-refractivity contribution in [2.75, 3.05) is 0 Å². The second kappa shape index (κ2) is 6.19. The number of imide groups is 1.